The van der Waals surface area contributed by atoms with Gasteiger partial charge in [0.1, 0.15) is 0 Å². The molecule has 1 heterocycles. The van der Waals surface area contributed by atoms with Crippen molar-refractivity contribution in [3.05, 3.63) is 0 Å². The van der Waals surface area contributed by atoms with Crippen LogP contribution in [-0.2, 0) is 0 Å². The quantitative estimate of drug-likeness (QED) is 0.201. The van der Waals surface area contributed by atoms with Crippen molar-refractivity contribution in [2.75, 3.05) is 6.54 Å². The summed E-state index contributed by atoms with van der Waals surface area (Å²) < 4.78 is 3.90. The van der Waals surface area contributed by atoms with Crippen molar-refractivity contribution in [3.63, 3.8) is 0 Å². The molecule has 0 aromatic heterocycles. The molecular weight excluding hydrogens is 477 g/mol. The van der Waals surface area contributed by atoms with Gasteiger partial charge < -0.3 is 0 Å². The number of hydrogen-bond donors (Lipinski definition) is 0. The molecule has 184 valence electrons. The predicted octanol–water partition coefficient (Wildman–Crippen LogP) is 9.74. The second-order valence-corrected chi connectivity index (χ2v) is 21.8. The molecule has 1 saturated heterocycles. The van der Waals surface area contributed by atoms with E-state index in [1.54, 1.807) is 17.0 Å². The topological polar surface area (TPSA) is 3.24 Å². The molecule has 0 N–H and O–H groups in total. The second kappa shape index (κ2) is 17.3. The van der Waals surface area contributed by atoms with Gasteiger partial charge in [-0.05, 0) is 0 Å². The molecule has 6 unspecified atom stereocenters. The van der Waals surface area contributed by atoms with E-state index < -0.39 is 21.4 Å². The van der Waals surface area contributed by atoms with Gasteiger partial charge in [0, 0.05) is 0 Å². The summed E-state index contributed by atoms with van der Waals surface area (Å²) >= 11 is -1.73. The van der Waals surface area contributed by atoms with Crippen LogP contribution in [0.25, 0.3) is 0 Å². The Morgan fingerprint density at radius 2 is 0.871 bits per heavy atom. The van der Waals surface area contributed by atoms with E-state index in [4.69, 9.17) is 0 Å². The SMILES string of the molecule is CCCC1C(CCC)N(CCC)C(CCC)C(CCC)[CH](CCC)[In]([CH2]C)[CH]1CCC. The predicted molar refractivity (Wildman–Crippen MR) is 145 cm³/mol. The Morgan fingerprint density at radius 3 is 1.16 bits per heavy atom. The molecule has 1 fully saturated rings. The van der Waals surface area contributed by atoms with E-state index in [2.05, 4.69) is 60.3 Å². The van der Waals surface area contributed by atoms with Gasteiger partial charge in [-0.3, -0.25) is 0 Å². The normalized spacial score (nSPS) is 30.4. The number of nitrogens with zero attached hydrogens (tertiary/aromatic N) is 1. The molecule has 0 radical (unpaired) electrons. The van der Waals surface area contributed by atoms with Crippen molar-refractivity contribution in [3.8, 4) is 0 Å². The summed E-state index contributed by atoms with van der Waals surface area (Å²) in [4.78, 5) is 3.16. The molecule has 2 heteroatoms. The van der Waals surface area contributed by atoms with E-state index in [-0.39, 0.29) is 0 Å². The van der Waals surface area contributed by atoms with Crippen molar-refractivity contribution in [1.82, 2.24) is 4.90 Å². The minimum absolute atomic E-state index is 0.866. The third kappa shape index (κ3) is 8.22. The summed E-state index contributed by atoms with van der Waals surface area (Å²) in [6, 6.07) is 1.73. The molecule has 0 amide bonds. The maximum absolute atomic E-state index is 3.16. The van der Waals surface area contributed by atoms with Crippen LogP contribution in [0.5, 0.6) is 0 Å². The molecule has 0 bridgehead atoms. The van der Waals surface area contributed by atoms with E-state index in [0.29, 0.717) is 0 Å². The molecular formula is C29H60InN. The van der Waals surface area contributed by atoms with E-state index >= 15 is 0 Å². The van der Waals surface area contributed by atoms with E-state index in [1.165, 1.54) is 77.2 Å². The molecule has 1 aliphatic heterocycles. The van der Waals surface area contributed by atoms with E-state index in [1.807, 2.05) is 0 Å². The Bertz CT molecular complexity index is 391. The van der Waals surface area contributed by atoms with Crippen molar-refractivity contribution >= 4 is 21.4 Å². The summed E-state index contributed by atoms with van der Waals surface area (Å²) in [6.45, 7) is 21.2. The first-order chi connectivity index (χ1) is 15.1. The molecule has 0 aromatic carbocycles. The Labute approximate surface area is 206 Å². The Morgan fingerprint density at radius 1 is 0.484 bits per heavy atom. The van der Waals surface area contributed by atoms with Crippen LogP contribution in [0.1, 0.15) is 139 Å². The molecule has 0 aliphatic carbocycles. The fourth-order valence-electron chi connectivity index (χ4n) is 7.81. The molecule has 0 saturated carbocycles. The van der Waals surface area contributed by atoms with E-state index in [9.17, 15) is 0 Å². The van der Waals surface area contributed by atoms with Crippen LogP contribution in [0.4, 0.5) is 0 Å². The average Bonchev–Trinajstić information content (AvgIpc) is 2.76. The van der Waals surface area contributed by atoms with Gasteiger partial charge in [0.05, 0.1) is 0 Å². The second-order valence-electron chi connectivity index (χ2n) is 10.8. The summed E-state index contributed by atoms with van der Waals surface area (Å²) in [6.07, 6.45) is 18.7. The van der Waals surface area contributed by atoms with Crippen LogP contribution in [0.15, 0.2) is 0 Å². The summed E-state index contributed by atoms with van der Waals surface area (Å²) in [7, 11) is 0. The van der Waals surface area contributed by atoms with Gasteiger partial charge in [0.15, 0.2) is 0 Å². The van der Waals surface area contributed by atoms with Crippen LogP contribution in [0, 0.1) is 11.8 Å². The zero-order valence-corrected chi connectivity index (χ0v) is 26.4. The molecule has 0 aromatic rings. The maximum atomic E-state index is 3.16. The van der Waals surface area contributed by atoms with Crippen molar-refractivity contribution in [2.24, 2.45) is 11.8 Å². The third-order valence-electron chi connectivity index (χ3n) is 8.65. The molecule has 0 spiro atoms. The van der Waals surface area contributed by atoms with Crippen LogP contribution in [0.2, 0.25) is 11.5 Å². The van der Waals surface area contributed by atoms with Crippen LogP contribution in [0.3, 0.4) is 0 Å². The van der Waals surface area contributed by atoms with E-state index in [0.717, 1.165) is 31.3 Å². The van der Waals surface area contributed by atoms with Crippen molar-refractivity contribution < 1.29 is 0 Å². The first-order valence-corrected chi connectivity index (χ1v) is 21.0. The first-order valence-electron chi connectivity index (χ1n) is 14.8. The third-order valence-corrected chi connectivity index (χ3v) is 22.3. The average molecular weight is 538 g/mol. The zero-order chi connectivity index (χ0) is 23.2. The summed E-state index contributed by atoms with van der Waals surface area (Å²) in [5.41, 5.74) is 0. The summed E-state index contributed by atoms with van der Waals surface area (Å²) in [5, 5.41) is 0. The van der Waals surface area contributed by atoms with Gasteiger partial charge in [-0.15, -0.1) is 0 Å². The van der Waals surface area contributed by atoms with Gasteiger partial charge in [0.25, 0.3) is 0 Å². The number of hydrogen-bond acceptors (Lipinski definition) is 1. The fraction of sp³-hybridized carbons (Fsp3) is 1.00. The molecule has 1 aliphatic rings. The first kappa shape index (κ1) is 29.9. The summed E-state index contributed by atoms with van der Waals surface area (Å²) in [5.74, 6) is 2.00. The van der Waals surface area contributed by atoms with Crippen LogP contribution >= 0.6 is 0 Å². The zero-order valence-electron chi connectivity index (χ0n) is 23.1. The Hall–Kier alpha value is 0.830. The van der Waals surface area contributed by atoms with Gasteiger partial charge in [-0.1, -0.05) is 0 Å². The molecule has 1 nitrogen and oxygen atoms in total. The van der Waals surface area contributed by atoms with Gasteiger partial charge in [0.2, 0.25) is 0 Å². The van der Waals surface area contributed by atoms with Crippen LogP contribution < -0.4 is 0 Å². The monoisotopic (exact) mass is 537 g/mol. The standard InChI is InChI=1S/C27H55N.C2H5.In/c1-8-15-21-24(17-10-3)26(19-12-5)28(23-14-7)27(20-13-6)25(18-11-4)22-16-9-2;1-2;/h21-22,24-27H,8-20,23H2,1-7H3;1H2,2H3;. The molecule has 6 atom stereocenters. The molecule has 1 rings (SSSR count). The Balaban J connectivity index is 3.68. The van der Waals surface area contributed by atoms with Crippen molar-refractivity contribution in [1.29, 1.82) is 0 Å². The fourth-order valence-corrected chi connectivity index (χ4v) is 23.6. The Kier molecular flexibility index (Phi) is 16.7. The van der Waals surface area contributed by atoms with Gasteiger partial charge >= 0.3 is 207 Å². The molecule has 31 heavy (non-hydrogen) atoms. The minimum atomic E-state index is -1.73. The number of rotatable bonds is 15. The van der Waals surface area contributed by atoms with Gasteiger partial charge in [-0.25, -0.2) is 0 Å². The van der Waals surface area contributed by atoms with Gasteiger partial charge in [-0.2, -0.15) is 0 Å². The van der Waals surface area contributed by atoms with Crippen molar-refractivity contribution in [2.45, 2.75) is 162 Å². The van der Waals surface area contributed by atoms with Crippen LogP contribution in [-0.4, -0.2) is 45.0 Å².